The smallest absolute Gasteiger partial charge is 0.316 e. The highest BCUT2D eigenvalue weighted by atomic mass is 16.4. The van der Waals surface area contributed by atoms with E-state index in [-0.39, 0.29) is 6.04 Å². The van der Waals surface area contributed by atoms with Crippen molar-refractivity contribution in [1.82, 2.24) is 5.32 Å². The van der Waals surface area contributed by atoms with Crippen LogP contribution in [0.4, 0.5) is 0 Å². The van der Waals surface area contributed by atoms with Crippen LogP contribution in [0.25, 0.3) is 0 Å². The van der Waals surface area contributed by atoms with E-state index in [0.29, 0.717) is 6.42 Å². The Kier molecular flexibility index (Phi) is 5.36. The highest BCUT2D eigenvalue weighted by Gasteiger charge is 2.25. The van der Waals surface area contributed by atoms with Crippen molar-refractivity contribution < 1.29 is 14.7 Å². The molecule has 18 heavy (non-hydrogen) atoms. The highest BCUT2D eigenvalue weighted by molar-refractivity contribution is 5.97. The summed E-state index contributed by atoms with van der Waals surface area (Å²) in [6.07, 6.45) is 1.03. The molecular formula is C14H19NO3. The second kappa shape index (κ2) is 6.79. The van der Waals surface area contributed by atoms with E-state index in [2.05, 4.69) is 5.32 Å². The molecule has 1 amide bonds. The van der Waals surface area contributed by atoms with Crippen molar-refractivity contribution in [2.24, 2.45) is 5.92 Å². The van der Waals surface area contributed by atoms with Crippen LogP contribution < -0.4 is 5.32 Å². The number of carboxylic acids is 1. The first-order valence-electron chi connectivity index (χ1n) is 6.18. The molecule has 0 saturated carbocycles. The summed E-state index contributed by atoms with van der Waals surface area (Å²) in [7, 11) is 0. The SMILES string of the molecule is CC[C@H](C(=O)O)C(=O)N[C@H](CC)c1ccccc1. The number of carboxylic acid groups (broad SMARTS) is 1. The molecule has 4 nitrogen and oxygen atoms in total. The van der Waals surface area contributed by atoms with Gasteiger partial charge in [0.2, 0.25) is 5.91 Å². The number of carbonyl (C=O) groups excluding carboxylic acids is 1. The number of hydrogen-bond acceptors (Lipinski definition) is 2. The Morgan fingerprint density at radius 3 is 2.22 bits per heavy atom. The van der Waals surface area contributed by atoms with E-state index in [9.17, 15) is 9.59 Å². The molecule has 0 bridgehead atoms. The van der Waals surface area contributed by atoms with Crippen LogP contribution in [0.5, 0.6) is 0 Å². The number of rotatable bonds is 6. The molecule has 98 valence electrons. The molecule has 0 fully saturated rings. The van der Waals surface area contributed by atoms with E-state index in [1.54, 1.807) is 6.92 Å². The molecule has 2 atom stereocenters. The molecule has 0 saturated heterocycles. The average Bonchev–Trinajstić information content (AvgIpc) is 2.37. The number of hydrogen-bond donors (Lipinski definition) is 2. The largest absolute Gasteiger partial charge is 0.481 e. The van der Waals surface area contributed by atoms with E-state index in [1.165, 1.54) is 0 Å². The number of carbonyl (C=O) groups is 2. The molecule has 0 heterocycles. The van der Waals surface area contributed by atoms with Gasteiger partial charge in [0, 0.05) is 0 Å². The predicted molar refractivity (Wildman–Crippen MR) is 69.0 cm³/mol. The van der Waals surface area contributed by atoms with Gasteiger partial charge in [0.15, 0.2) is 0 Å². The lowest BCUT2D eigenvalue weighted by Gasteiger charge is -2.19. The topological polar surface area (TPSA) is 66.4 Å². The Bertz CT molecular complexity index is 403. The van der Waals surface area contributed by atoms with Gasteiger partial charge in [-0.1, -0.05) is 44.2 Å². The minimum absolute atomic E-state index is 0.132. The van der Waals surface area contributed by atoms with Gasteiger partial charge in [-0.2, -0.15) is 0 Å². The summed E-state index contributed by atoms with van der Waals surface area (Å²) in [5.41, 5.74) is 0.994. The minimum atomic E-state index is -1.07. The van der Waals surface area contributed by atoms with Crippen molar-refractivity contribution in [2.75, 3.05) is 0 Å². The van der Waals surface area contributed by atoms with Crippen LogP contribution in [0.2, 0.25) is 0 Å². The Hall–Kier alpha value is -1.84. The maximum atomic E-state index is 11.9. The molecule has 0 radical (unpaired) electrons. The Labute approximate surface area is 107 Å². The van der Waals surface area contributed by atoms with Gasteiger partial charge >= 0.3 is 5.97 Å². The summed E-state index contributed by atoms with van der Waals surface area (Å²) in [4.78, 5) is 22.8. The zero-order chi connectivity index (χ0) is 13.5. The van der Waals surface area contributed by atoms with Crippen LogP contribution in [0.15, 0.2) is 30.3 Å². The van der Waals surface area contributed by atoms with E-state index in [0.717, 1.165) is 12.0 Å². The van der Waals surface area contributed by atoms with E-state index < -0.39 is 17.8 Å². The van der Waals surface area contributed by atoms with Crippen molar-refractivity contribution in [3.63, 3.8) is 0 Å². The van der Waals surface area contributed by atoms with Crippen LogP contribution >= 0.6 is 0 Å². The molecule has 1 rings (SSSR count). The molecule has 2 N–H and O–H groups in total. The molecule has 4 heteroatoms. The Morgan fingerprint density at radius 1 is 1.17 bits per heavy atom. The fraction of sp³-hybridized carbons (Fsp3) is 0.429. The fourth-order valence-corrected chi connectivity index (χ4v) is 1.85. The first-order valence-corrected chi connectivity index (χ1v) is 6.18. The molecular weight excluding hydrogens is 230 g/mol. The molecule has 0 aliphatic heterocycles. The number of nitrogens with one attached hydrogen (secondary N) is 1. The van der Waals surface area contributed by atoms with Crippen molar-refractivity contribution >= 4 is 11.9 Å². The van der Waals surface area contributed by atoms with E-state index >= 15 is 0 Å². The fourth-order valence-electron chi connectivity index (χ4n) is 1.85. The zero-order valence-electron chi connectivity index (χ0n) is 10.7. The van der Waals surface area contributed by atoms with Gasteiger partial charge in [-0.25, -0.2) is 0 Å². The van der Waals surface area contributed by atoms with Gasteiger partial charge in [0.1, 0.15) is 5.92 Å². The first-order chi connectivity index (χ1) is 8.60. The zero-order valence-corrected chi connectivity index (χ0v) is 10.7. The summed E-state index contributed by atoms with van der Waals surface area (Å²) in [6, 6.07) is 9.43. The summed E-state index contributed by atoms with van der Waals surface area (Å²) >= 11 is 0. The van der Waals surface area contributed by atoms with Crippen LogP contribution in [-0.2, 0) is 9.59 Å². The summed E-state index contributed by atoms with van der Waals surface area (Å²) in [5.74, 6) is -2.46. The van der Waals surface area contributed by atoms with Crippen LogP contribution in [-0.4, -0.2) is 17.0 Å². The molecule has 1 aromatic rings. The summed E-state index contributed by atoms with van der Waals surface area (Å²) in [6.45, 7) is 3.65. The first kappa shape index (κ1) is 14.2. The summed E-state index contributed by atoms with van der Waals surface area (Å²) < 4.78 is 0. The van der Waals surface area contributed by atoms with Gasteiger partial charge in [-0.05, 0) is 18.4 Å². The lowest BCUT2D eigenvalue weighted by Crippen LogP contribution is -2.37. The monoisotopic (exact) mass is 249 g/mol. The maximum absolute atomic E-state index is 11.9. The quantitative estimate of drug-likeness (QED) is 0.761. The van der Waals surface area contributed by atoms with Crippen LogP contribution in [0.1, 0.15) is 38.3 Å². The lowest BCUT2D eigenvalue weighted by atomic mass is 10.0. The molecule has 0 aliphatic rings. The third-order valence-corrected chi connectivity index (χ3v) is 2.95. The Balaban J connectivity index is 2.75. The van der Waals surface area contributed by atoms with E-state index in [4.69, 9.17) is 5.11 Å². The molecule has 1 aromatic carbocycles. The van der Waals surface area contributed by atoms with Crippen molar-refractivity contribution in [3.05, 3.63) is 35.9 Å². The van der Waals surface area contributed by atoms with Crippen molar-refractivity contribution in [3.8, 4) is 0 Å². The van der Waals surface area contributed by atoms with Crippen LogP contribution in [0.3, 0.4) is 0 Å². The standard InChI is InChI=1S/C14H19NO3/c1-3-11(14(17)18)13(16)15-12(4-2)10-8-6-5-7-9-10/h5-9,11-12H,3-4H2,1-2H3,(H,15,16)(H,17,18)/t11-,12+/m0/s1. The maximum Gasteiger partial charge on any atom is 0.316 e. The lowest BCUT2D eigenvalue weighted by molar-refractivity contribution is -0.147. The van der Waals surface area contributed by atoms with Gasteiger partial charge in [-0.15, -0.1) is 0 Å². The predicted octanol–water partition coefficient (Wildman–Crippen LogP) is 2.36. The molecule has 0 unspecified atom stereocenters. The van der Waals surface area contributed by atoms with Gasteiger partial charge in [-0.3, -0.25) is 9.59 Å². The van der Waals surface area contributed by atoms with Gasteiger partial charge in [0.25, 0.3) is 0 Å². The third-order valence-electron chi connectivity index (χ3n) is 2.95. The second-order valence-electron chi connectivity index (χ2n) is 4.18. The number of benzene rings is 1. The highest BCUT2D eigenvalue weighted by Crippen LogP contribution is 2.17. The third kappa shape index (κ3) is 3.58. The van der Waals surface area contributed by atoms with Gasteiger partial charge < -0.3 is 10.4 Å². The summed E-state index contributed by atoms with van der Waals surface area (Å²) in [5, 5.41) is 11.7. The average molecular weight is 249 g/mol. The number of amides is 1. The molecule has 0 spiro atoms. The number of aliphatic carboxylic acids is 1. The molecule has 0 aliphatic carbocycles. The normalized spacial score (nSPS) is 13.7. The Morgan fingerprint density at radius 2 is 1.78 bits per heavy atom. The molecule has 0 aromatic heterocycles. The second-order valence-corrected chi connectivity index (χ2v) is 4.18. The van der Waals surface area contributed by atoms with Gasteiger partial charge in [0.05, 0.1) is 6.04 Å². The van der Waals surface area contributed by atoms with Crippen molar-refractivity contribution in [2.45, 2.75) is 32.7 Å². The van der Waals surface area contributed by atoms with E-state index in [1.807, 2.05) is 37.3 Å². The van der Waals surface area contributed by atoms with Crippen molar-refractivity contribution in [1.29, 1.82) is 0 Å². The minimum Gasteiger partial charge on any atom is -0.481 e. The van der Waals surface area contributed by atoms with Crippen LogP contribution in [0, 0.1) is 5.92 Å².